The van der Waals surface area contributed by atoms with Gasteiger partial charge in [0.2, 0.25) is 0 Å². The summed E-state index contributed by atoms with van der Waals surface area (Å²) in [4.78, 5) is 11.0. The second-order valence-corrected chi connectivity index (χ2v) is 5.37. The van der Waals surface area contributed by atoms with E-state index < -0.39 is 5.97 Å². The van der Waals surface area contributed by atoms with Crippen LogP contribution in [0.3, 0.4) is 0 Å². The predicted molar refractivity (Wildman–Crippen MR) is 51.9 cm³/mol. The first-order chi connectivity index (χ1) is 6.71. The predicted octanol–water partition coefficient (Wildman–Crippen LogP) is 1.10. The summed E-state index contributed by atoms with van der Waals surface area (Å²) in [6.45, 7) is 2.28. The minimum Gasteiger partial charge on any atom is -0.481 e. The molecule has 0 aromatic heterocycles. The van der Waals surface area contributed by atoms with Gasteiger partial charge in [0.25, 0.3) is 0 Å². The normalized spacial score (nSPS) is 50.4. The second kappa shape index (κ2) is 2.72. The van der Waals surface area contributed by atoms with Gasteiger partial charge in [0.05, 0.1) is 5.92 Å². The van der Waals surface area contributed by atoms with Crippen molar-refractivity contribution in [2.45, 2.75) is 25.7 Å². The molecular formula is C11H17NO2. The van der Waals surface area contributed by atoms with Gasteiger partial charge >= 0.3 is 5.97 Å². The molecule has 1 unspecified atom stereocenters. The SMILES string of the molecule is O=C(O)[C@H]1C[C@H]2C[C@@H]1CC21CCNC1. The first-order valence-corrected chi connectivity index (χ1v) is 5.65. The van der Waals surface area contributed by atoms with Crippen LogP contribution in [0.5, 0.6) is 0 Å². The molecule has 4 atom stereocenters. The molecule has 2 N–H and O–H groups in total. The maximum Gasteiger partial charge on any atom is 0.306 e. The van der Waals surface area contributed by atoms with Gasteiger partial charge in [-0.05, 0) is 49.5 Å². The highest BCUT2D eigenvalue weighted by Crippen LogP contribution is 2.60. The van der Waals surface area contributed by atoms with Crippen molar-refractivity contribution in [2.24, 2.45) is 23.2 Å². The molecule has 14 heavy (non-hydrogen) atoms. The zero-order chi connectivity index (χ0) is 9.76. The van der Waals surface area contributed by atoms with E-state index in [0.29, 0.717) is 17.3 Å². The van der Waals surface area contributed by atoms with Crippen LogP contribution < -0.4 is 5.32 Å². The van der Waals surface area contributed by atoms with E-state index in [4.69, 9.17) is 5.11 Å². The third kappa shape index (κ3) is 0.991. The first kappa shape index (κ1) is 8.72. The van der Waals surface area contributed by atoms with Crippen molar-refractivity contribution < 1.29 is 9.90 Å². The van der Waals surface area contributed by atoms with Crippen LogP contribution in [-0.4, -0.2) is 24.2 Å². The number of fused-ring (bicyclic) bond motifs is 3. The van der Waals surface area contributed by atoms with E-state index in [2.05, 4.69) is 5.32 Å². The number of hydrogen-bond acceptors (Lipinski definition) is 2. The summed E-state index contributed by atoms with van der Waals surface area (Å²) in [7, 11) is 0. The Morgan fingerprint density at radius 1 is 1.43 bits per heavy atom. The zero-order valence-corrected chi connectivity index (χ0v) is 8.33. The molecule has 2 saturated carbocycles. The van der Waals surface area contributed by atoms with Crippen LogP contribution in [-0.2, 0) is 4.79 Å². The average molecular weight is 195 g/mol. The highest BCUT2D eigenvalue weighted by molar-refractivity contribution is 5.71. The van der Waals surface area contributed by atoms with Gasteiger partial charge in [0, 0.05) is 6.54 Å². The zero-order valence-electron chi connectivity index (χ0n) is 8.33. The molecule has 78 valence electrons. The molecule has 1 heterocycles. The monoisotopic (exact) mass is 195 g/mol. The molecule has 2 bridgehead atoms. The summed E-state index contributed by atoms with van der Waals surface area (Å²) in [5, 5.41) is 12.5. The van der Waals surface area contributed by atoms with Crippen molar-refractivity contribution in [3.63, 3.8) is 0 Å². The van der Waals surface area contributed by atoms with Crippen molar-refractivity contribution in [1.82, 2.24) is 5.32 Å². The van der Waals surface area contributed by atoms with Crippen molar-refractivity contribution >= 4 is 5.97 Å². The molecule has 3 heteroatoms. The van der Waals surface area contributed by atoms with Crippen LogP contribution in [0.4, 0.5) is 0 Å². The molecule has 2 aliphatic carbocycles. The molecule has 1 aliphatic heterocycles. The first-order valence-electron chi connectivity index (χ1n) is 5.65. The second-order valence-electron chi connectivity index (χ2n) is 5.37. The van der Waals surface area contributed by atoms with Crippen molar-refractivity contribution in [3.05, 3.63) is 0 Å². The molecule has 3 aliphatic rings. The number of aliphatic carboxylic acids is 1. The topological polar surface area (TPSA) is 49.3 Å². The summed E-state index contributed by atoms with van der Waals surface area (Å²) >= 11 is 0. The van der Waals surface area contributed by atoms with E-state index in [9.17, 15) is 4.79 Å². The Kier molecular flexibility index (Phi) is 1.69. The lowest BCUT2D eigenvalue weighted by Crippen LogP contribution is -2.34. The van der Waals surface area contributed by atoms with Crippen LogP contribution in [0.25, 0.3) is 0 Å². The van der Waals surface area contributed by atoms with E-state index in [1.165, 1.54) is 19.3 Å². The Morgan fingerprint density at radius 2 is 2.29 bits per heavy atom. The fraction of sp³-hybridized carbons (Fsp3) is 0.909. The van der Waals surface area contributed by atoms with Crippen molar-refractivity contribution in [1.29, 1.82) is 0 Å². The van der Waals surface area contributed by atoms with E-state index in [-0.39, 0.29) is 5.92 Å². The summed E-state index contributed by atoms with van der Waals surface area (Å²) in [5.74, 6) is 0.602. The quantitative estimate of drug-likeness (QED) is 0.658. The van der Waals surface area contributed by atoms with Gasteiger partial charge in [0.15, 0.2) is 0 Å². The third-order valence-corrected chi connectivity index (χ3v) is 4.82. The molecule has 3 fully saturated rings. The lowest BCUT2D eigenvalue weighted by molar-refractivity contribution is -0.144. The maximum atomic E-state index is 11.0. The minimum absolute atomic E-state index is 0.0220. The molecule has 0 aromatic rings. The number of hydrogen-bond donors (Lipinski definition) is 2. The number of rotatable bonds is 1. The van der Waals surface area contributed by atoms with Gasteiger partial charge in [0.1, 0.15) is 0 Å². The highest BCUT2D eigenvalue weighted by Gasteiger charge is 2.57. The molecule has 1 spiro atoms. The maximum absolute atomic E-state index is 11.0. The standard InChI is InChI=1S/C11H17NO2/c13-10(14)9-4-8-3-7(9)5-11(8)1-2-12-6-11/h7-9,12H,1-6H2,(H,13,14)/t7-,8-,9+,11?/m1/s1. The molecular weight excluding hydrogens is 178 g/mol. The fourth-order valence-electron chi connectivity index (χ4n) is 4.13. The fourth-order valence-corrected chi connectivity index (χ4v) is 4.13. The molecule has 0 aromatic carbocycles. The summed E-state index contributed by atoms with van der Waals surface area (Å²) < 4.78 is 0. The largest absolute Gasteiger partial charge is 0.481 e. The molecule has 0 amide bonds. The van der Waals surface area contributed by atoms with Gasteiger partial charge < -0.3 is 10.4 Å². The number of carboxylic acid groups (broad SMARTS) is 1. The molecule has 3 rings (SSSR count). The Labute approximate surface area is 83.9 Å². The van der Waals surface area contributed by atoms with Crippen LogP contribution in [0.1, 0.15) is 25.7 Å². The van der Waals surface area contributed by atoms with Crippen molar-refractivity contribution in [3.8, 4) is 0 Å². The highest BCUT2D eigenvalue weighted by atomic mass is 16.4. The molecule has 0 radical (unpaired) electrons. The van der Waals surface area contributed by atoms with E-state index >= 15 is 0 Å². The Morgan fingerprint density at radius 3 is 2.79 bits per heavy atom. The van der Waals surface area contributed by atoms with Crippen molar-refractivity contribution in [2.75, 3.05) is 13.1 Å². The van der Waals surface area contributed by atoms with Crippen LogP contribution in [0.15, 0.2) is 0 Å². The van der Waals surface area contributed by atoms with E-state index in [0.717, 1.165) is 19.5 Å². The summed E-state index contributed by atoms with van der Waals surface area (Å²) in [6, 6.07) is 0. The summed E-state index contributed by atoms with van der Waals surface area (Å²) in [5.41, 5.74) is 0.497. The minimum atomic E-state index is -0.557. The molecule has 1 saturated heterocycles. The number of carbonyl (C=O) groups is 1. The van der Waals surface area contributed by atoms with Crippen LogP contribution in [0, 0.1) is 23.2 Å². The Bertz CT molecular complexity index is 270. The van der Waals surface area contributed by atoms with Gasteiger partial charge in [-0.15, -0.1) is 0 Å². The molecule has 3 nitrogen and oxygen atoms in total. The smallest absolute Gasteiger partial charge is 0.306 e. The lowest BCUT2D eigenvalue weighted by atomic mass is 9.69. The summed E-state index contributed by atoms with van der Waals surface area (Å²) in [6.07, 6.45) is 4.57. The lowest BCUT2D eigenvalue weighted by Gasteiger charge is -2.35. The van der Waals surface area contributed by atoms with Gasteiger partial charge in [-0.3, -0.25) is 4.79 Å². The van der Waals surface area contributed by atoms with E-state index in [1.807, 2.05) is 0 Å². The van der Waals surface area contributed by atoms with Crippen LogP contribution >= 0.6 is 0 Å². The average Bonchev–Trinajstić information content (AvgIpc) is 2.79. The van der Waals surface area contributed by atoms with Gasteiger partial charge in [-0.25, -0.2) is 0 Å². The Hall–Kier alpha value is -0.570. The number of nitrogens with one attached hydrogen (secondary N) is 1. The van der Waals surface area contributed by atoms with E-state index in [1.54, 1.807) is 0 Å². The Balaban J connectivity index is 1.79. The van der Waals surface area contributed by atoms with Gasteiger partial charge in [-0.2, -0.15) is 0 Å². The third-order valence-electron chi connectivity index (χ3n) is 4.82. The van der Waals surface area contributed by atoms with Crippen LogP contribution in [0.2, 0.25) is 0 Å². The van der Waals surface area contributed by atoms with Gasteiger partial charge in [-0.1, -0.05) is 0 Å². The number of carboxylic acids is 1.